The van der Waals surface area contributed by atoms with Gasteiger partial charge in [-0.25, -0.2) is 0 Å². The fourth-order valence-electron chi connectivity index (χ4n) is 3.82. The van der Waals surface area contributed by atoms with Gasteiger partial charge in [0.05, 0.1) is 0 Å². The number of carbonyl (C=O) groups excluding carboxylic acids is 2. The van der Waals surface area contributed by atoms with Gasteiger partial charge in [-0.15, -0.1) is 0 Å². The van der Waals surface area contributed by atoms with Gasteiger partial charge >= 0.3 is 0 Å². The van der Waals surface area contributed by atoms with E-state index >= 15 is 0 Å². The van der Waals surface area contributed by atoms with Crippen molar-refractivity contribution in [2.24, 2.45) is 5.92 Å². The molecule has 1 N–H and O–H groups in total. The summed E-state index contributed by atoms with van der Waals surface area (Å²) < 4.78 is 5.87. The van der Waals surface area contributed by atoms with Crippen LogP contribution in [0.5, 0.6) is 5.75 Å². The van der Waals surface area contributed by atoms with Gasteiger partial charge in [-0.2, -0.15) is 0 Å². The van der Waals surface area contributed by atoms with Crippen molar-refractivity contribution in [3.63, 3.8) is 0 Å². The number of amides is 2. The largest absolute Gasteiger partial charge is 0.484 e. The molecule has 1 atom stereocenters. The minimum absolute atomic E-state index is 0.185. The van der Waals surface area contributed by atoms with Gasteiger partial charge in [0.25, 0.3) is 5.91 Å². The zero-order valence-electron chi connectivity index (χ0n) is 21.5. The molecule has 0 aliphatic heterocycles. The van der Waals surface area contributed by atoms with E-state index in [4.69, 9.17) is 16.3 Å². The van der Waals surface area contributed by atoms with Crippen molar-refractivity contribution < 1.29 is 14.3 Å². The number of hydrogen-bond donors (Lipinski definition) is 1. The Morgan fingerprint density at radius 1 is 0.944 bits per heavy atom. The molecule has 0 aromatic heterocycles. The van der Waals surface area contributed by atoms with Crippen LogP contribution < -0.4 is 10.1 Å². The molecule has 190 valence electrons. The summed E-state index contributed by atoms with van der Waals surface area (Å²) in [5.74, 6) is 0.424. The minimum Gasteiger partial charge on any atom is -0.484 e. The highest BCUT2D eigenvalue weighted by molar-refractivity contribution is 6.31. The maximum atomic E-state index is 13.6. The Kier molecular flexibility index (Phi) is 9.95. The van der Waals surface area contributed by atoms with Gasteiger partial charge in [0.15, 0.2) is 6.61 Å². The van der Waals surface area contributed by atoms with Gasteiger partial charge in [0.2, 0.25) is 5.91 Å². The molecule has 0 saturated heterocycles. The Labute approximate surface area is 219 Å². The number of nitrogens with zero attached hydrogens (tertiary/aromatic N) is 1. The molecular weight excluding hydrogens is 472 g/mol. The molecule has 0 heterocycles. The molecule has 1 unspecified atom stereocenters. The Bertz CT molecular complexity index is 1160. The van der Waals surface area contributed by atoms with Crippen LogP contribution in [0.25, 0.3) is 0 Å². The van der Waals surface area contributed by atoms with E-state index in [1.165, 1.54) is 0 Å². The predicted molar refractivity (Wildman–Crippen MR) is 145 cm³/mol. The van der Waals surface area contributed by atoms with E-state index in [9.17, 15) is 9.59 Å². The third-order valence-electron chi connectivity index (χ3n) is 6.09. The van der Waals surface area contributed by atoms with Crippen LogP contribution >= 0.6 is 11.6 Å². The molecule has 0 bridgehead atoms. The molecule has 2 amide bonds. The highest BCUT2D eigenvalue weighted by atomic mass is 35.5. The lowest BCUT2D eigenvalue weighted by Gasteiger charge is -2.32. The van der Waals surface area contributed by atoms with Gasteiger partial charge in [-0.05, 0) is 60.2 Å². The first-order chi connectivity index (χ1) is 17.2. The molecule has 0 radical (unpaired) electrons. The Hall–Kier alpha value is -3.31. The summed E-state index contributed by atoms with van der Waals surface area (Å²) in [7, 11) is 0. The van der Waals surface area contributed by atoms with E-state index in [2.05, 4.69) is 5.32 Å². The van der Waals surface area contributed by atoms with Crippen LogP contribution in [0, 0.1) is 19.8 Å². The average molecular weight is 507 g/mol. The fourth-order valence-corrected chi connectivity index (χ4v) is 4.01. The molecule has 0 spiro atoms. The highest BCUT2D eigenvalue weighted by Crippen LogP contribution is 2.21. The molecule has 6 heteroatoms. The predicted octanol–water partition coefficient (Wildman–Crippen LogP) is 5.75. The molecule has 0 saturated carbocycles. The number of rotatable bonds is 11. The second kappa shape index (κ2) is 13.1. The number of ether oxygens (including phenoxy) is 1. The van der Waals surface area contributed by atoms with Crippen LogP contribution in [-0.2, 0) is 22.6 Å². The van der Waals surface area contributed by atoms with Gasteiger partial charge in [0.1, 0.15) is 11.8 Å². The van der Waals surface area contributed by atoms with Gasteiger partial charge < -0.3 is 15.0 Å². The van der Waals surface area contributed by atoms with Crippen molar-refractivity contribution >= 4 is 23.4 Å². The molecule has 3 aromatic carbocycles. The van der Waals surface area contributed by atoms with Crippen molar-refractivity contribution in [3.05, 3.63) is 100 Å². The van der Waals surface area contributed by atoms with Crippen LogP contribution in [0.3, 0.4) is 0 Å². The van der Waals surface area contributed by atoms with Crippen LogP contribution in [0.15, 0.2) is 72.8 Å². The quantitative estimate of drug-likeness (QED) is 0.360. The first-order valence-electron chi connectivity index (χ1n) is 12.3. The maximum absolute atomic E-state index is 13.6. The summed E-state index contributed by atoms with van der Waals surface area (Å²) in [5, 5.41) is 3.57. The van der Waals surface area contributed by atoms with Crippen molar-refractivity contribution in [2.45, 2.75) is 46.7 Å². The van der Waals surface area contributed by atoms with Crippen LogP contribution in [0.2, 0.25) is 5.02 Å². The zero-order valence-corrected chi connectivity index (χ0v) is 22.2. The molecule has 5 nitrogen and oxygen atoms in total. The van der Waals surface area contributed by atoms with E-state index < -0.39 is 6.04 Å². The second-order valence-electron chi connectivity index (χ2n) is 9.49. The lowest BCUT2D eigenvalue weighted by atomic mass is 10.0. The third kappa shape index (κ3) is 7.85. The second-order valence-corrected chi connectivity index (χ2v) is 9.90. The number of benzene rings is 3. The number of halogens is 1. The van der Waals surface area contributed by atoms with Gasteiger partial charge in [-0.1, -0.05) is 80.0 Å². The summed E-state index contributed by atoms with van der Waals surface area (Å²) in [6, 6.07) is 22.1. The SMILES string of the molecule is Cc1ccc(OCC(=O)N(Cc2ccccc2Cl)C(Cc2ccccc2)C(=O)NCC(C)C)cc1C. The van der Waals surface area contributed by atoms with Crippen LogP contribution in [-0.4, -0.2) is 35.9 Å². The molecule has 3 rings (SSSR count). The minimum atomic E-state index is -0.724. The Morgan fingerprint density at radius 2 is 1.64 bits per heavy atom. The Balaban J connectivity index is 1.91. The monoisotopic (exact) mass is 506 g/mol. The molecule has 3 aromatic rings. The topological polar surface area (TPSA) is 58.6 Å². The smallest absolute Gasteiger partial charge is 0.261 e. The van der Waals surface area contributed by atoms with E-state index in [1.807, 2.05) is 94.4 Å². The van der Waals surface area contributed by atoms with E-state index in [-0.39, 0.29) is 30.9 Å². The maximum Gasteiger partial charge on any atom is 0.261 e. The van der Waals surface area contributed by atoms with Crippen LogP contribution in [0.4, 0.5) is 0 Å². The Morgan fingerprint density at radius 3 is 2.31 bits per heavy atom. The zero-order chi connectivity index (χ0) is 26.1. The molecular formula is C30H35ClN2O3. The van der Waals surface area contributed by atoms with Crippen molar-refractivity contribution in [1.29, 1.82) is 0 Å². The van der Waals surface area contributed by atoms with Crippen LogP contribution in [0.1, 0.15) is 36.1 Å². The molecule has 36 heavy (non-hydrogen) atoms. The normalized spacial score (nSPS) is 11.7. The number of carbonyl (C=O) groups is 2. The average Bonchev–Trinajstić information content (AvgIpc) is 2.86. The van der Waals surface area contributed by atoms with E-state index in [0.717, 1.165) is 22.3 Å². The van der Waals surface area contributed by atoms with Gasteiger partial charge in [0, 0.05) is 24.5 Å². The first kappa shape index (κ1) is 27.3. The van der Waals surface area contributed by atoms with E-state index in [0.29, 0.717) is 23.7 Å². The molecule has 0 aliphatic rings. The van der Waals surface area contributed by atoms with Gasteiger partial charge in [-0.3, -0.25) is 9.59 Å². The summed E-state index contributed by atoms with van der Waals surface area (Å²) in [5.41, 5.74) is 3.98. The lowest BCUT2D eigenvalue weighted by Crippen LogP contribution is -2.52. The van der Waals surface area contributed by atoms with Crippen molar-refractivity contribution in [3.8, 4) is 5.75 Å². The van der Waals surface area contributed by atoms with E-state index in [1.54, 1.807) is 11.0 Å². The molecule has 0 fully saturated rings. The van der Waals surface area contributed by atoms with Crippen molar-refractivity contribution in [1.82, 2.24) is 10.2 Å². The third-order valence-corrected chi connectivity index (χ3v) is 6.46. The number of hydrogen-bond acceptors (Lipinski definition) is 3. The summed E-state index contributed by atoms with van der Waals surface area (Å²) in [6.45, 7) is 8.64. The number of nitrogens with one attached hydrogen (secondary N) is 1. The standard InChI is InChI=1S/C30H35ClN2O3/c1-21(2)18-32-30(35)28(17-24-10-6-5-7-11-24)33(19-25-12-8-9-13-27(25)31)29(34)20-36-26-15-14-22(3)23(4)16-26/h5-16,21,28H,17-20H2,1-4H3,(H,32,35). The lowest BCUT2D eigenvalue weighted by molar-refractivity contribution is -0.142. The summed E-state index contributed by atoms with van der Waals surface area (Å²) >= 11 is 6.46. The van der Waals surface area contributed by atoms with Crippen molar-refractivity contribution in [2.75, 3.05) is 13.2 Å². The number of aryl methyl sites for hydroxylation is 2. The molecule has 0 aliphatic carbocycles. The first-order valence-corrected chi connectivity index (χ1v) is 12.7. The highest BCUT2D eigenvalue weighted by Gasteiger charge is 2.31. The fraction of sp³-hybridized carbons (Fsp3) is 0.333. The summed E-state index contributed by atoms with van der Waals surface area (Å²) in [4.78, 5) is 28.7. The summed E-state index contributed by atoms with van der Waals surface area (Å²) in [6.07, 6.45) is 0.380.